The molecule has 2 N–H and O–H groups in total. The van der Waals surface area contributed by atoms with Gasteiger partial charge in [-0.1, -0.05) is 26.7 Å². The Bertz CT molecular complexity index is 186. The van der Waals surface area contributed by atoms with Gasteiger partial charge >= 0.3 is 0 Å². The minimum absolute atomic E-state index is 0.0220. The molecular weight excluding hydrogens is 220 g/mol. The highest BCUT2D eigenvalue weighted by Gasteiger charge is 2.23. The second kappa shape index (κ2) is 12.6. The van der Waals surface area contributed by atoms with Crippen molar-refractivity contribution in [2.24, 2.45) is 5.92 Å². The molecular formula is C12H26N2OS. The molecule has 1 amide bonds. The molecule has 4 heteroatoms. The minimum Gasteiger partial charge on any atom is -0.353 e. The van der Waals surface area contributed by atoms with E-state index in [0.29, 0.717) is 0 Å². The third-order valence-corrected chi connectivity index (χ3v) is 2.42. The first-order chi connectivity index (χ1) is 7.74. The lowest BCUT2D eigenvalue weighted by Crippen LogP contribution is -2.41. The Hall–Kier alpha value is -0.510. The van der Waals surface area contributed by atoms with Crippen LogP contribution >= 0.6 is 12.6 Å². The molecule has 0 aromatic heterocycles. The molecule has 0 aromatic rings. The van der Waals surface area contributed by atoms with Gasteiger partial charge in [0.1, 0.15) is 0 Å². The number of nitrogens with one attached hydrogen (secondary N) is 2. The summed E-state index contributed by atoms with van der Waals surface area (Å²) in [5.41, 5.74) is 0. The number of carbonyl (C=O) groups is 1. The summed E-state index contributed by atoms with van der Waals surface area (Å²) < 4.78 is 0. The topological polar surface area (TPSA) is 53.0 Å². The zero-order valence-electron chi connectivity index (χ0n) is 10.9. The van der Waals surface area contributed by atoms with E-state index in [1.165, 1.54) is 26.0 Å². The van der Waals surface area contributed by atoms with Crippen molar-refractivity contribution in [1.82, 2.24) is 5.32 Å². The van der Waals surface area contributed by atoms with Gasteiger partial charge in [-0.3, -0.25) is 4.79 Å². The van der Waals surface area contributed by atoms with E-state index in [0.717, 1.165) is 12.8 Å². The third-order valence-electron chi connectivity index (χ3n) is 2.42. The second-order valence-corrected chi connectivity index (χ2v) is 3.42. The molecule has 0 aliphatic heterocycles. The maximum Gasteiger partial charge on any atom is 0.217 e. The van der Waals surface area contributed by atoms with E-state index in [2.05, 4.69) is 17.9 Å². The fourth-order valence-corrected chi connectivity index (χ4v) is 1.80. The fraction of sp³-hybridized carbons (Fsp3) is 0.833. The van der Waals surface area contributed by atoms with E-state index in [1.54, 1.807) is 6.26 Å². The minimum atomic E-state index is 0.0220. The van der Waals surface area contributed by atoms with Crippen LogP contribution in [0.3, 0.4) is 0 Å². The summed E-state index contributed by atoms with van der Waals surface area (Å²) in [6, 6.07) is 0.216. The Morgan fingerprint density at radius 3 is 2.25 bits per heavy atom. The monoisotopic (exact) mass is 246 g/mol. The Labute approximate surface area is 105 Å². The predicted octanol–water partition coefficient (Wildman–Crippen LogP) is 2.90. The maximum atomic E-state index is 10.8. The van der Waals surface area contributed by atoms with E-state index in [9.17, 15) is 4.79 Å². The Balaban J connectivity index is 0. The molecule has 3 nitrogen and oxygen atoms in total. The van der Waals surface area contributed by atoms with Crippen LogP contribution in [0.5, 0.6) is 0 Å². The number of hydrogen-bond donors (Lipinski definition) is 3. The number of rotatable bonds is 2. The van der Waals surface area contributed by atoms with Crippen LogP contribution in [0.4, 0.5) is 0 Å². The number of thiol groups is 1. The summed E-state index contributed by atoms with van der Waals surface area (Å²) in [6.45, 7) is 5.54. The molecule has 0 spiro atoms. The van der Waals surface area contributed by atoms with Crippen molar-refractivity contribution in [3.05, 3.63) is 0 Å². The lowest BCUT2D eigenvalue weighted by molar-refractivity contribution is -0.120. The third kappa shape index (κ3) is 7.74. The first-order valence-electron chi connectivity index (χ1n) is 5.96. The van der Waals surface area contributed by atoms with E-state index in [1.807, 2.05) is 13.8 Å². The van der Waals surface area contributed by atoms with Crippen LogP contribution in [0.1, 0.15) is 46.5 Å². The van der Waals surface area contributed by atoms with Crippen LogP contribution < -0.4 is 5.32 Å². The molecule has 1 rings (SSSR count). The average molecular weight is 246 g/mol. The summed E-state index contributed by atoms with van der Waals surface area (Å²) in [4.78, 5) is 10.8. The van der Waals surface area contributed by atoms with Crippen LogP contribution in [0, 0.1) is 11.3 Å². The van der Waals surface area contributed by atoms with Gasteiger partial charge in [-0.05, 0) is 19.1 Å². The van der Waals surface area contributed by atoms with Gasteiger partial charge in [0.2, 0.25) is 5.91 Å². The Kier molecular flexibility index (Phi) is 14.0. The normalized spacial score (nSPS) is 22.8. The molecule has 96 valence electrons. The van der Waals surface area contributed by atoms with Crippen LogP contribution in [-0.2, 0) is 4.79 Å². The highest BCUT2D eigenvalue weighted by Crippen LogP contribution is 2.22. The quantitative estimate of drug-likeness (QED) is 0.509. The van der Waals surface area contributed by atoms with Crippen molar-refractivity contribution in [2.75, 3.05) is 6.26 Å². The van der Waals surface area contributed by atoms with E-state index >= 15 is 0 Å². The van der Waals surface area contributed by atoms with Crippen molar-refractivity contribution in [1.29, 1.82) is 5.41 Å². The fourth-order valence-electron chi connectivity index (χ4n) is 1.80. The van der Waals surface area contributed by atoms with Gasteiger partial charge in [0.15, 0.2) is 0 Å². The largest absolute Gasteiger partial charge is 0.353 e. The first-order valence-corrected chi connectivity index (χ1v) is 6.86. The van der Waals surface area contributed by atoms with E-state index < -0.39 is 0 Å². The standard InChI is InChI=1S/C9H16N2O.C2H6.CH4S/c1-7(12)11-9-5-3-2-4-8(9)6-10;2*1-2/h6,8-10H,2-5H2,1H3,(H,11,12);1-2H3;2H,1H3. The molecule has 0 heterocycles. The van der Waals surface area contributed by atoms with Gasteiger partial charge < -0.3 is 10.7 Å². The van der Waals surface area contributed by atoms with Gasteiger partial charge in [0, 0.05) is 25.1 Å². The molecule has 2 unspecified atom stereocenters. The molecule has 1 fully saturated rings. The molecule has 0 bridgehead atoms. The van der Waals surface area contributed by atoms with Crippen molar-refractivity contribution >= 4 is 24.8 Å². The molecule has 0 aromatic carbocycles. The smallest absolute Gasteiger partial charge is 0.217 e. The first kappa shape index (κ1) is 17.9. The Morgan fingerprint density at radius 1 is 1.31 bits per heavy atom. The lowest BCUT2D eigenvalue weighted by Gasteiger charge is -2.28. The molecule has 2 atom stereocenters. The number of hydrogen-bond acceptors (Lipinski definition) is 3. The SMILES string of the molecule is CC.CC(=O)NC1CCCCC1C=N.CS. The second-order valence-electron chi connectivity index (χ2n) is 3.42. The van der Waals surface area contributed by atoms with Crippen molar-refractivity contribution in [3.8, 4) is 0 Å². The molecule has 0 radical (unpaired) electrons. The predicted molar refractivity (Wildman–Crippen MR) is 74.6 cm³/mol. The van der Waals surface area contributed by atoms with Gasteiger partial charge in [0.05, 0.1) is 0 Å². The van der Waals surface area contributed by atoms with Crippen LogP contribution in [0.2, 0.25) is 0 Å². The van der Waals surface area contributed by atoms with Crippen molar-refractivity contribution in [2.45, 2.75) is 52.5 Å². The molecule has 16 heavy (non-hydrogen) atoms. The van der Waals surface area contributed by atoms with Crippen molar-refractivity contribution in [3.63, 3.8) is 0 Å². The summed E-state index contributed by atoms with van der Waals surface area (Å²) in [6.07, 6.45) is 7.61. The average Bonchev–Trinajstić information content (AvgIpc) is 2.34. The number of amides is 1. The summed E-state index contributed by atoms with van der Waals surface area (Å²) in [5.74, 6) is 0.288. The van der Waals surface area contributed by atoms with Crippen molar-refractivity contribution < 1.29 is 4.79 Å². The maximum absolute atomic E-state index is 10.8. The molecule has 1 aliphatic carbocycles. The zero-order chi connectivity index (χ0) is 13.0. The molecule has 0 saturated heterocycles. The number of carbonyl (C=O) groups excluding carboxylic acids is 1. The van der Waals surface area contributed by atoms with Gasteiger partial charge in [-0.2, -0.15) is 12.6 Å². The van der Waals surface area contributed by atoms with Gasteiger partial charge in [-0.25, -0.2) is 0 Å². The van der Waals surface area contributed by atoms with Crippen LogP contribution in [-0.4, -0.2) is 24.4 Å². The Morgan fingerprint density at radius 2 is 1.81 bits per heavy atom. The highest BCUT2D eigenvalue weighted by atomic mass is 32.1. The summed E-state index contributed by atoms with van der Waals surface area (Å²) >= 11 is 3.53. The van der Waals surface area contributed by atoms with Gasteiger partial charge in [0.25, 0.3) is 0 Å². The van der Waals surface area contributed by atoms with E-state index in [-0.39, 0.29) is 17.9 Å². The summed E-state index contributed by atoms with van der Waals surface area (Å²) in [7, 11) is 0. The van der Waals surface area contributed by atoms with Crippen LogP contribution in [0.15, 0.2) is 0 Å². The van der Waals surface area contributed by atoms with Crippen LogP contribution in [0.25, 0.3) is 0 Å². The van der Waals surface area contributed by atoms with E-state index in [4.69, 9.17) is 5.41 Å². The highest BCUT2D eigenvalue weighted by molar-refractivity contribution is 7.79. The zero-order valence-corrected chi connectivity index (χ0v) is 11.8. The van der Waals surface area contributed by atoms with Gasteiger partial charge in [-0.15, -0.1) is 0 Å². The molecule has 1 saturated carbocycles. The lowest BCUT2D eigenvalue weighted by atomic mass is 9.85. The summed E-state index contributed by atoms with van der Waals surface area (Å²) in [5, 5.41) is 10.1. The molecule has 1 aliphatic rings.